The average molecular weight is 404 g/mol. The molecule has 0 aliphatic carbocycles. The number of likely N-dealkylation sites (tertiary alicyclic amines) is 2. The minimum absolute atomic E-state index is 0.0202. The van der Waals surface area contributed by atoms with E-state index >= 15 is 0 Å². The van der Waals surface area contributed by atoms with Crippen LogP contribution >= 0.6 is 0 Å². The van der Waals surface area contributed by atoms with Gasteiger partial charge in [0.1, 0.15) is 5.69 Å². The molecule has 7 nitrogen and oxygen atoms in total. The summed E-state index contributed by atoms with van der Waals surface area (Å²) in [5.41, 5.74) is 1.47. The number of hydrogen-bond acceptors (Lipinski definition) is 4. The second-order valence-corrected chi connectivity index (χ2v) is 8.93. The molecule has 0 aromatic carbocycles. The number of aromatic nitrogens is 2. The van der Waals surface area contributed by atoms with Gasteiger partial charge >= 0.3 is 0 Å². The number of nitrogens with zero attached hydrogens (tertiary/aromatic N) is 5. The van der Waals surface area contributed by atoms with Gasteiger partial charge in [-0.15, -0.1) is 0 Å². The van der Waals surface area contributed by atoms with Crippen molar-refractivity contribution in [1.82, 2.24) is 24.5 Å². The molecular weight excluding hydrogens is 366 g/mol. The Kier molecular flexibility index (Phi) is 7.33. The zero-order chi connectivity index (χ0) is 21.0. The third kappa shape index (κ3) is 5.38. The predicted molar refractivity (Wildman–Crippen MR) is 114 cm³/mol. The van der Waals surface area contributed by atoms with Gasteiger partial charge in [0.15, 0.2) is 0 Å². The molecule has 3 heterocycles. The number of aryl methyl sites for hydroxylation is 2. The van der Waals surface area contributed by atoms with Crippen LogP contribution < -0.4 is 0 Å². The van der Waals surface area contributed by atoms with Crippen LogP contribution in [-0.4, -0.2) is 81.6 Å². The van der Waals surface area contributed by atoms with Crippen LogP contribution in [0.5, 0.6) is 0 Å². The van der Waals surface area contributed by atoms with Gasteiger partial charge in [0.25, 0.3) is 5.91 Å². The Morgan fingerprint density at radius 1 is 1.21 bits per heavy atom. The summed E-state index contributed by atoms with van der Waals surface area (Å²) in [6.45, 7) is 11.4. The van der Waals surface area contributed by atoms with E-state index < -0.39 is 0 Å². The van der Waals surface area contributed by atoms with Crippen molar-refractivity contribution in [1.29, 1.82) is 0 Å². The van der Waals surface area contributed by atoms with Crippen molar-refractivity contribution in [2.75, 3.05) is 39.3 Å². The van der Waals surface area contributed by atoms with E-state index in [1.54, 1.807) is 4.68 Å². The molecule has 2 amide bonds. The third-order valence-electron chi connectivity index (χ3n) is 6.19. The Morgan fingerprint density at radius 2 is 1.93 bits per heavy atom. The number of carbonyl (C=O) groups excluding carboxylic acids is 2. The summed E-state index contributed by atoms with van der Waals surface area (Å²) in [6.07, 6.45) is 5.49. The van der Waals surface area contributed by atoms with Crippen LogP contribution in [0, 0.1) is 12.8 Å². The number of rotatable bonds is 7. The smallest absolute Gasteiger partial charge is 0.272 e. The summed E-state index contributed by atoms with van der Waals surface area (Å²) in [4.78, 5) is 32.5. The molecule has 2 saturated heterocycles. The first kappa shape index (κ1) is 21.8. The number of hydrogen-bond donors (Lipinski definition) is 0. The van der Waals surface area contributed by atoms with Crippen molar-refractivity contribution in [2.24, 2.45) is 13.0 Å². The van der Waals surface area contributed by atoms with Gasteiger partial charge in [-0.1, -0.05) is 13.8 Å². The Balaban J connectivity index is 1.65. The Bertz CT molecular complexity index is 708. The van der Waals surface area contributed by atoms with Crippen molar-refractivity contribution in [3.8, 4) is 0 Å². The van der Waals surface area contributed by atoms with E-state index in [2.05, 4.69) is 14.9 Å². The van der Waals surface area contributed by atoms with E-state index in [-0.39, 0.29) is 23.8 Å². The molecule has 2 aliphatic heterocycles. The molecule has 1 aromatic rings. The Morgan fingerprint density at radius 3 is 2.55 bits per heavy atom. The SMILES string of the molecule is Cc1cc(C(=O)N2CCCC(N(CCCN3CCCC3)C(=O)C(C)C)C2)n(C)n1. The maximum Gasteiger partial charge on any atom is 0.272 e. The van der Waals surface area contributed by atoms with Gasteiger partial charge in [-0.2, -0.15) is 5.10 Å². The van der Waals surface area contributed by atoms with Crippen LogP contribution in [-0.2, 0) is 11.8 Å². The molecular formula is C22H37N5O2. The molecule has 29 heavy (non-hydrogen) atoms. The minimum Gasteiger partial charge on any atom is -0.338 e. The highest BCUT2D eigenvalue weighted by Gasteiger charge is 2.32. The van der Waals surface area contributed by atoms with Gasteiger partial charge in [-0.25, -0.2) is 0 Å². The lowest BCUT2D eigenvalue weighted by atomic mass is 10.0. The second-order valence-electron chi connectivity index (χ2n) is 8.93. The molecule has 3 rings (SSSR count). The zero-order valence-electron chi connectivity index (χ0n) is 18.6. The largest absolute Gasteiger partial charge is 0.338 e. The van der Waals surface area contributed by atoms with Crippen LogP contribution in [0.1, 0.15) is 62.1 Å². The van der Waals surface area contributed by atoms with E-state index in [1.807, 2.05) is 38.8 Å². The highest BCUT2D eigenvalue weighted by Crippen LogP contribution is 2.21. The Labute approximate surface area is 175 Å². The molecule has 0 radical (unpaired) electrons. The van der Waals surface area contributed by atoms with E-state index in [0.29, 0.717) is 12.2 Å². The van der Waals surface area contributed by atoms with Gasteiger partial charge < -0.3 is 14.7 Å². The molecule has 0 bridgehead atoms. The van der Waals surface area contributed by atoms with Crippen molar-refractivity contribution < 1.29 is 9.59 Å². The topological polar surface area (TPSA) is 61.7 Å². The van der Waals surface area contributed by atoms with E-state index in [4.69, 9.17) is 0 Å². The van der Waals surface area contributed by atoms with Crippen LogP contribution in [0.2, 0.25) is 0 Å². The summed E-state index contributed by atoms with van der Waals surface area (Å²) >= 11 is 0. The standard InChI is InChI=1S/C22H37N5O2/c1-17(2)21(28)27(14-8-12-25-10-5-6-11-25)19-9-7-13-26(16-19)22(29)20-15-18(3)23-24(20)4/h15,17,19H,5-14,16H2,1-4H3. The van der Waals surface area contributed by atoms with E-state index in [9.17, 15) is 9.59 Å². The minimum atomic E-state index is -0.0208. The van der Waals surface area contributed by atoms with Crippen LogP contribution in [0.15, 0.2) is 6.07 Å². The summed E-state index contributed by atoms with van der Waals surface area (Å²) in [7, 11) is 1.81. The van der Waals surface area contributed by atoms with Gasteiger partial charge in [0, 0.05) is 38.6 Å². The van der Waals surface area contributed by atoms with Crippen molar-refractivity contribution in [2.45, 2.75) is 58.9 Å². The third-order valence-corrected chi connectivity index (χ3v) is 6.19. The summed E-state index contributed by atoms with van der Waals surface area (Å²) in [5, 5.41) is 4.31. The molecule has 0 saturated carbocycles. The van der Waals surface area contributed by atoms with Gasteiger partial charge in [-0.05, 0) is 64.7 Å². The van der Waals surface area contributed by atoms with Crippen molar-refractivity contribution >= 4 is 11.8 Å². The van der Waals surface area contributed by atoms with E-state index in [0.717, 1.165) is 44.6 Å². The molecule has 1 atom stereocenters. The fourth-order valence-corrected chi connectivity index (χ4v) is 4.64. The summed E-state index contributed by atoms with van der Waals surface area (Å²) in [6, 6.07) is 1.95. The summed E-state index contributed by atoms with van der Waals surface area (Å²) in [5.74, 6) is 0.210. The quantitative estimate of drug-likeness (QED) is 0.701. The fraction of sp³-hybridized carbons (Fsp3) is 0.773. The molecule has 0 N–H and O–H groups in total. The van der Waals surface area contributed by atoms with Crippen LogP contribution in [0.25, 0.3) is 0 Å². The molecule has 7 heteroatoms. The normalized spacial score (nSPS) is 20.4. The molecule has 1 aromatic heterocycles. The van der Waals surface area contributed by atoms with Crippen LogP contribution in [0.4, 0.5) is 0 Å². The first-order valence-corrected chi connectivity index (χ1v) is 11.2. The highest BCUT2D eigenvalue weighted by molar-refractivity contribution is 5.92. The fourth-order valence-electron chi connectivity index (χ4n) is 4.64. The maximum atomic E-state index is 13.0. The Hall–Kier alpha value is -1.89. The number of amides is 2. The van der Waals surface area contributed by atoms with Crippen molar-refractivity contribution in [3.05, 3.63) is 17.5 Å². The predicted octanol–water partition coefficient (Wildman–Crippen LogP) is 2.30. The zero-order valence-corrected chi connectivity index (χ0v) is 18.6. The van der Waals surface area contributed by atoms with E-state index in [1.165, 1.54) is 25.9 Å². The molecule has 1 unspecified atom stereocenters. The monoisotopic (exact) mass is 403 g/mol. The van der Waals surface area contributed by atoms with Gasteiger partial charge in [-0.3, -0.25) is 14.3 Å². The first-order valence-electron chi connectivity index (χ1n) is 11.2. The maximum absolute atomic E-state index is 13.0. The lowest BCUT2D eigenvalue weighted by Gasteiger charge is -2.40. The molecule has 0 spiro atoms. The van der Waals surface area contributed by atoms with Crippen LogP contribution in [0.3, 0.4) is 0 Å². The lowest BCUT2D eigenvalue weighted by Crippen LogP contribution is -2.53. The second kappa shape index (κ2) is 9.74. The molecule has 162 valence electrons. The first-order chi connectivity index (χ1) is 13.9. The molecule has 2 aliphatic rings. The number of piperidine rings is 1. The van der Waals surface area contributed by atoms with Gasteiger partial charge in [0.2, 0.25) is 5.91 Å². The van der Waals surface area contributed by atoms with Crippen molar-refractivity contribution in [3.63, 3.8) is 0 Å². The number of carbonyl (C=O) groups is 2. The molecule has 2 fully saturated rings. The van der Waals surface area contributed by atoms with Gasteiger partial charge in [0.05, 0.1) is 5.69 Å². The summed E-state index contributed by atoms with van der Waals surface area (Å²) < 4.78 is 1.66. The lowest BCUT2D eigenvalue weighted by molar-refractivity contribution is -0.138. The highest BCUT2D eigenvalue weighted by atomic mass is 16.2. The average Bonchev–Trinajstić information content (AvgIpc) is 3.33.